The molecule has 1 saturated heterocycles. The number of methoxy groups -OCH3 is 1. The summed E-state index contributed by atoms with van der Waals surface area (Å²) in [6.45, 7) is 6.85. The number of likely N-dealkylation sites (tertiary alicyclic amines) is 1. The molecule has 1 aliphatic rings. The molecule has 1 unspecified atom stereocenters. The summed E-state index contributed by atoms with van der Waals surface area (Å²) in [6, 6.07) is -0.364. The number of amides is 2. The normalized spacial score (nSPS) is 24.1. The molecule has 18 heavy (non-hydrogen) atoms. The third-order valence-electron chi connectivity index (χ3n) is 2.63. The molecule has 1 aliphatic heterocycles. The lowest BCUT2D eigenvalue weighted by atomic mass is 10.1. The van der Waals surface area contributed by atoms with Crippen LogP contribution in [0.15, 0.2) is 0 Å². The van der Waals surface area contributed by atoms with Crippen LogP contribution in [-0.4, -0.2) is 41.6 Å². The molecule has 0 bridgehead atoms. The van der Waals surface area contributed by atoms with E-state index in [1.165, 1.54) is 7.11 Å². The number of carbonyl (C=O) groups is 3. The number of imide groups is 1. The van der Waals surface area contributed by atoms with Gasteiger partial charge in [-0.25, -0.2) is 9.69 Å². The number of ether oxygens (including phenoxy) is 2. The number of rotatable bonds is 1. The van der Waals surface area contributed by atoms with Gasteiger partial charge in [0, 0.05) is 6.04 Å². The van der Waals surface area contributed by atoms with E-state index in [4.69, 9.17) is 4.74 Å². The molecule has 0 aliphatic carbocycles. The van der Waals surface area contributed by atoms with Crippen molar-refractivity contribution < 1.29 is 23.9 Å². The van der Waals surface area contributed by atoms with Crippen LogP contribution in [0.25, 0.3) is 0 Å². The van der Waals surface area contributed by atoms with Crippen molar-refractivity contribution in [3.05, 3.63) is 0 Å². The molecule has 6 nitrogen and oxygen atoms in total. The highest BCUT2D eigenvalue weighted by Gasteiger charge is 2.46. The Hall–Kier alpha value is -1.59. The van der Waals surface area contributed by atoms with E-state index in [1.807, 2.05) is 0 Å². The lowest BCUT2D eigenvalue weighted by molar-refractivity contribution is -0.150. The van der Waals surface area contributed by atoms with Crippen molar-refractivity contribution in [1.82, 2.24) is 4.90 Å². The Balaban J connectivity index is 2.82. The monoisotopic (exact) mass is 257 g/mol. The highest BCUT2D eigenvalue weighted by Crippen LogP contribution is 2.27. The van der Waals surface area contributed by atoms with Gasteiger partial charge in [-0.15, -0.1) is 0 Å². The first kappa shape index (κ1) is 14.5. The van der Waals surface area contributed by atoms with E-state index in [0.29, 0.717) is 0 Å². The van der Waals surface area contributed by atoms with Crippen molar-refractivity contribution in [2.75, 3.05) is 7.11 Å². The van der Waals surface area contributed by atoms with Crippen LogP contribution >= 0.6 is 0 Å². The lowest BCUT2D eigenvalue weighted by Crippen LogP contribution is -2.42. The summed E-state index contributed by atoms with van der Waals surface area (Å²) < 4.78 is 9.68. The summed E-state index contributed by atoms with van der Waals surface area (Å²) in [5.74, 6) is -2.07. The van der Waals surface area contributed by atoms with Gasteiger partial charge in [0.1, 0.15) is 11.5 Å². The SMILES string of the molecule is COC(=O)C1C[C@@H](C)N(C(=O)OC(C)(C)C)C1=O. The van der Waals surface area contributed by atoms with E-state index < -0.39 is 29.5 Å². The number of nitrogens with zero attached hydrogens (tertiary/aromatic N) is 1. The average Bonchev–Trinajstić information content (AvgIpc) is 2.50. The van der Waals surface area contributed by atoms with E-state index in [-0.39, 0.29) is 12.5 Å². The summed E-state index contributed by atoms with van der Waals surface area (Å²) in [7, 11) is 1.22. The first-order valence-electron chi connectivity index (χ1n) is 5.81. The van der Waals surface area contributed by atoms with Crippen LogP contribution in [0.2, 0.25) is 0 Å². The maximum atomic E-state index is 12.0. The maximum absolute atomic E-state index is 12.0. The molecule has 0 aromatic rings. The van der Waals surface area contributed by atoms with Crippen molar-refractivity contribution in [2.24, 2.45) is 5.92 Å². The molecule has 1 heterocycles. The molecule has 0 radical (unpaired) electrons. The molecule has 0 N–H and O–H groups in total. The van der Waals surface area contributed by atoms with Gasteiger partial charge in [-0.2, -0.15) is 0 Å². The molecule has 6 heteroatoms. The van der Waals surface area contributed by atoms with Gasteiger partial charge >= 0.3 is 12.1 Å². The Morgan fingerprint density at radius 3 is 2.33 bits per heavy atom. The Kier molecular flexibility index (Phi) is 3.98. The topological polar surface area (TPSA) is 72.9 Å². The van der Waals surface area contributed by atoms with Gasteiger partial charge in [0.15, 0.2) is 0 Å². The zero-order chi connectivity index (χ0) is 14.1. The van der Waals surface area contributed by atoms with Crippen molar-refractivity contribution >= 4 is 18.0 Å². The minimum Gasteiger partial charge on any atom is -0.468 e. The number of hydrogen-bond acceptors (Lipinski definition) is 5. The van der Waals surface area contributed by atoms with Crippen LogP contribution in [0.5, 0.6) is 0 Å². The van der Waals surface area contributed by atoms with Crippen LogP contribution in [-0.2, 0) is 19.1 Å². The quantitative estimate of drug-likeness (QED) is 0.523. The Labute approximate surface area is 106 Å². The zero-order valence-electron chi connectivity index (χ0n) is 11.4. The van der Waals surface area contributed by atoms with E-state index in [2.05, 4.69) is 4.74 Å². The van der Waals surface area contributed by atoms with Gasteiger partial charge in [0.2, 0.25) is 5.91 Å². The third kappa shape index (κ3) is 3.00. The zero-order valence-corrected chi connectivity index (χ0v) is 11.4. The Morgan fingerprint density at radius 1 is 1.33 bits per heavy atom. The van der Waals surface area contributed by atoms with Crippen molar-refractivity contribution in [2.45, 2.75) is 45.8 Å². The molecule has 102 valence electrons. The first-order chi connectivity index (χ1) is 8.17. The minimum absolute atomic E-state index is 0.269. The molecular formula is C12H19NO5. The van der Waals surface area contributed by atoms with Crippen LogP contribution in [0, 0.1) is 5.92 Å². The standard InChI is InChI=1S/C12H19NO5/c1-7-6-8(10(15)17-5)9(14)13(7)11(16)18-12(2,3)4/h7-8H,6H2,1-5H3/t7-,8?/m1/s1. The second-order valence-corrected chi connectivity index (χ2v) is 5.35. The van der Waals surface area contributed by atoms with E-state index >= 15 is 0 Å². The number of carbonyl (C=O) groups excluding carboxylic acids is 3. The molecule has 2 atom stereocenters. The molecule has 0 spiro atoms. The predicted octanol–water partition coefficient (Wildman–Crippen LogP) is 1.33. The van der Waals surface area contributed by atoms with Crippen LogP contribution in [0.1, 0.15) is 34.1 Å². The van der Waals surface area contributed by atoms with Crippen LogP contribution < -0.4 is 0 Å². The molecule has 0 aromatic heterocycles. The van der Waals surface area contributed by atoms with Gasteiger partial charge in [-0.05, 0) is 34.1 Å². The second-order valence-electron chi connectivity index (χ2n) is 5.35. The molecule has 2 amide bonds. The van der Waals surface area contributed by atoms with Crippen LogP contribution in [0.4, 0.5) is 4.79 Å². The van der Waals surface area contributed by atoms with Gasteiger partial charge < -0.3 is 9.47 Å². The van der Waals surface area contributed by atoms with Crippen molar-refractivity contribution in [3.63, 3.8) is 0 Å². The first-order valence-corrected chi connectivity index (χ1v) is 5.81. The Morgan fingerprint density at radius 2 is 1.89 bits per heavy atom. The smallest absolute Gasteiger partial charge is 0.417 e. The van der Waals surface area contributed by atoms with Gasteiger partial charge in [-0.1, -0.05) is 0 Å². The predicted molar refractivity (Wildman–Crippen MR) is 62.7 cm³/mol. The fourth-order valence-electron chi connectivity index (χ4n) is 1.85. The number of hydrogen-bond donors (Lipinski definition) is 0. The van der Waals surface area contributed by atoms with E-state index in [1.54, 1.807) is 27.7 Å². The summed E-state index contributed by atoms with van der Waals surface area (Å²) in [5.41, 5.74) is -0.680. The second kappa shape index (κ2) is 4.96. The fraction of sp³-hybridized carbons (Fsp3) is 0.750. The lowest BCUT2D eigenvalue weighted by Gasteiger charge is -2.25. The minimum atomic E-state index is -0.905. The molecular weight excluding hydrogens is 238 g/mol. The van der Waals surface area contributed by atoms with Crippen molar-refractivity contribution in [1.29, 1.82) is 0 Å². The number of esters is 1. The molecule has 0 aromatic carbocycles. The summed E-state index contributed by atoms with van der Waals surface area (Å²) in [5, 5.41) is 0. The maximum Gasteiger partial charge on any atom is 0.417 e. The highest BCUT2D eigenvalue weighted by atomic mass is 16.6. The van der Waals surface area contributed by atoms with E-state index in [0.717, 1.165) is 4.90 Å². The summed E-state index contributed by atoms with van der Waals surface area (Å²) in [6.07, 6.45) is -0.448. The largest absolute Gasteiger partial charge is 0.468 e. The van der Waals surface area contributed by atoms with E-state index in [9.17, 15) is 14.4 Å². The van der Waals surface area contributed by atoms with Gasteiger partial charge in [0.25, 0.3) is 0 Å². The van der Waals surface area contributed by atoms with Crippen LogP contribution in [0.3, 0.4) is 0 Å². The third-order valence-corrected chi connectivity index (χ3v) is 2.63. The molecule has 1 rings (SSSR count). The molecule has 1 fully saturated rings. The van der Waals surface area contributed by atoms with Crippen molar-refractivity contribution in [3.8, 4) is 0 Å². The Bertz CT molecular complexity index is 371. The fourth-order valence-corrected chi connectivity index (χ4v) is 1.85. The highest BCUT2D eigenvalue weighted by molar-refractivity contribution is 6.05. The van der Waals surface area contributed by atoms with Gasteiger partial charge in [0.05, 0.1) is 7.11 Å². The average molecular weight is 257 g/mol. The molecule has 0 saturated carbocycles. The summed E-state index contributed by atoms with van der Waals surface area (Å²) in [4.78, 5) is 36.2. The summed E-state index contributed by atoms with van der Waals surface area (Å²) >= 11 is 0. The van der Waals surface area contributed by atoms with Gasteiger partial charge in [-0.3, -0.25) is 9.59 Å².